The first-order chi connectivity index (χ1) is 28.7. The van der Waals surface area contributed by atoms with Gasteiger partial charge in [-0.15, -0.1) is 0 Å². The number of carbonyl (C=O) groups is 7. The third-order valence-electron chi connectivity index (χ3n) is 8.92. The number of carbonyl (C=O) groups excluding carboxylic acids is 6. The fraction of sp³-hybridized carbons (Fsp3) is 0.308. The zero-order chi connectivity index (χ0) is 43.8. The minimum atomic E-state index is -1.22. The fourth-order valence-electron chi connectivity index (χ4n) is 5.96. The predicted molar refractivity (Wildman–Crippen MR) is 216 cm³/mol. The van der Waals surface area contributed by atoms with Crippen molar-refractivity contribution in [2.45, 2.75) is 31.3 Å². The molecule has 4 rings (SSSR count). The first-order valence-electron chi connectivity index (χ1n) is 18.3. The molecule has 318 valence electrons. The van der Waals surface area contributed by atoms with Crippen LogP contribution in [0.4, 0.5) is 21.0 Å². The highest BCUT2D eigenvalue weighted by molar-refractivity contribution is 6.00. The van der Waals surface area contributed by atoms with Gasteiger partial charge in [0.1, 0.15) is 24.4 Å². The van der Waals surface area contributed by atoms with Crippen LogP contribution < -0.4 is 37.5 Å². The van der Waals surface area contributed by atoms with E-state index >= 15 is 0 Å². The number of aliphatic carboxylic acids is 1. The molecule has 1 aliphatic rings. The molecule has 0 aliphatic carbocycles. The van der Waals surface area contributed by atoms with E-state index in [4.69, 9.17) is 16.2 Å². The minimum absolute atomic E-state index is 0.0217. The van der Waals surface area contributed by atoms with Crippen LogP contribution in [0.25, 0.3) is 0 Å². The molecule has 1 fully saturated rings. The number of nitrogens with zero attached hydrogens (tertiary/aromatic N) is 4. The molecule has 0 saturated carbocycles. The highest BCUT2D eigenvalue weighted by Gasteiger charge is 2.40. The number of nitrogens with two attached hydrogens (primary N) is 2. The van der Waals surface area contributed by atoms with E-state index in [0.29, 0.717) is 22.7 Å². The zero-order valence-corrected chi connectivity index (χ0v) is 33.0. The van der Waals surface area contributed by atoms with Gasteiger partial charge >= 0.3 is 18.2 Å². The number of aliphatic imine (C=N–C) groups is 2. The molecule has 0 unspecified atom stereocenters. The maximum absolute atomic E-state index is 14.5. The van der Waals surface area contributed by atoms with Crippen LogP contribution in [-0.4, -0.2) is 128 Å². The second kappa shape index (κ2) is 21.7. The summed E-state index contributed by atoms with van der Waals surface area (Å²) in [7, 11) is 3.85. The van der Waals surface area contributed by atoms with Crippen LogP contribution in [0, 0.1) is 0 Å². The topological polar surface area (TPSA) is 299 Å². The van der Waals surface area contributed by atoms with Gasteiger partial charge in [0, 0.05) is 37.2 Å². The number of hydrogen-bond donors (Lipinski definition) is 7. The number of ether oxygens (including phenoxy) is 3. The molecule has 21 heteroatoms. The van der Waals surface area contributed by atoms with E-state index in [-0.39, 0.29) is 61.9 Å². The van der Waals surface area contributed by atoms with Gasteiger partial charge in [0.2, 0.25) is 23.7 Å². The molecule has 6 amide bonds. The van der Waals surface area contributed by atoms with E-state index in [0.717, 1.165) is 4.90 Å². The lowest BCUT2D eigenvalue weighted by Crippen LogP contribution is -2.63. The molecule has 0 radical (unpaired) electrons. The van der Waals surface area contributed by atoms with Crippen LogP contribution in [-0.2, 0) is 30.3 Å². The second-order valence-electron chi connectivity index (χ2n) is 13.0. The summed E-state index contributed by atoms with van der Waals surface area (Å²) >= 11 is 0. The lowest BCUT2D eigenvalue weighted by Gasteiger charge is -2.41. The van der Waals surface area contributed by atoms with Crippen LogP contribution in [0.15, 0.2) is 82.8 Å². The highest BCUT2D eigenvalue weighted by Crippen LogP contribution is 2.21. The Kier molecular flexibility index (Phi) is 16.3. The molecule has 3 aromatic rings. The van der Waals surface area contributed by atoms with Crippen LogP contribution >= 0.6 is 0 Å². The molecule has 60 heavy (non-hydrogen) atoms. The molecule has 1 saturated heterocycles. The zero-order valence-electron chi connectivity index (χ0n) is 33.0. The number of piperazine rings is 1. The number of carboxylic acids is 1. The summed E-state index contributed by atoms with van der Waals surface area (Å²) in [6.07, 6.45) is -1.31. The average Bonchev–Trinajstić information content (AvgIpc) is 3.23. The van der Waals surface area contributed by atoms with Crippen molar-refractivity contribution >= 4 is 65.1 Å². The highest BCUT2D eigenvalue weighted by atomic mass is 16.5. The number of carboxylic acid groups (broad SMARTS) is 1. The first-order valence-corrected chi connectivity index (χ1v) is 18.3. The van der Waals surface area contributed by atoms with Gasteiger partial charge in [-0.25, -0.2) is 19.6 Å². The smallest absolute Gasteiger partial charge is 0.413 e. The Labute approximate surface area is 344 Å². The van der Waals surface area contributed by atoms with Crippen LogP contribution in [0.2, 0.25) is 0 Å². The van der Waals surface area contributed by atoms with E-state index in [2.05, 4.69) is 40.7 Å². The van der Waals surface area contributed by atoms with E-state index in [1.165, 1.54) is 74.8 Å². The van der Waals surface area contributed by atoms with Gasteiger partial charge < -0.3 is 51.2 Å². The molecular weight excluding hydrogens is 784 g/mol. The van der Waals surface area contributed by atoms with Gasteiger partial charge in [0.15, 0.2) is 0 Å². The number of amides is 6. The van der Waals surface area contributed by atoms with E-state index in [1.54, 1.807) is 24.3 Å². The summed E-state index contributed by atoms with van der Waals surface area (Å²) < 4.78 is 14.2. The molecule has 1 heterocycles. The fourth-order valence-corrected chi connectivity index (χ4v) is 5.96. The van der Waals surface area contributed by atoms with Crippen molar-refractivity contribution in [3.8, 4) is 5.75 Å². The Hall–Kier alpha value is -7.71. The third-order valence-corrected chi connectivity index (χ3v) is 8.92. The first kappa shape index (κ1) is 45.0. The number of guanidine groups is 2. The van der Waals surface area contributed by atoms with Gasteiger partial charge in [-0.1, -0.05) is 12.1 Å². The van der Waals surface area contributed by atoms with Gasteiger partial charge in [-0.2, -0.15) is 0 Å². The number of nitrogens with one attached hydrogen (secondary N) is 4. The summed E-state index contributed by atoms with van der Waals surface area (Å²) in [6.45, 7) is -0.565. The van der Waals surface area contributed by atoms with Gasteiger partial charge in [-0.3, -0.25) is 34.6 Å². The molecule has 1 aliphatic heterocycles. The molecule has 2 atom stereocenters. The van der Waals surface area contributed by atoms with Crippen molar-refractivity contribution in [2.75, 3.05) is 47.5 Å². The molecule has 3 aromatic carbocycles. The van der Waals surface area contributed by atoms with E-state index < -0.39 is 60.4 Å². The van der Waals surface area contributed by atoms with Gasteiger partial charge in [0.25, 0.3) is 11.8 Å². The molecule has 0 bridgehead atoms. The standard InChI is InChI=1S/C39H46N10O11/c1-58-28-16-6-23(7-17-28)21-29(45-33(53)25-10-14-27(15-11-25)44-37(41)47-39(57)60-3)34(54)49-20-19-48(22-31(50)51)35(55)30(49)5-4-18-42-32(52)24-8-12-26(13-9-24)43-36(40)46-38(56)59-2/h6-17,29-30H,4-5,18-22H2,1-3H3,(H,42,52)(H,45,53)(H,50,51)(H3,40,43,46,56)(H3,41,44,47,57)/t29-,30-/m0/s1. The quantitative estimate of drug-likeness (QED) is 0.0639. The van der Waals surface area contributed by atoms with Crippen molar-refractivity contribution in [2.24, 2.45) is 21.5 Å². The van der Waals surface area contributed by atoms with Crippen molar-refractivity contribution in [3.63, 3.8) is 0 Å². The maximum Gasteiger partial charge on any atom is 0.413 e. The maximum atomic E-state index is 14.5. The van der Waals surface area contributed by atoms with Crippen molar-refractivity contribution in [1.82, 2.24) is 31.1 Å². The monoisotopic (exact) mass is 830 g/mol. The number of methoxy groups -OCH3 is 3. The minimum Gasteiger partial charge on any atom is -0.497 e. The lowest BCUT2D eigenvalue weighted by atomic mass is 9.99. The Morgan fingerprint density at radius 1 is 0.783 bits per heavy atom. The number of hydrogen-bond acceptors (Lipinski definition) is 12. The summed E-state index contributed by atoms with van der Waals surface area (Å²) in [5.74, 6) is -3.33. The summed E-state index contributed by atoms with van der Waals surface area (Å²) in [6, 6.07) is 16.4. The van der Waals surface area contributed by atoms with Crippen LogP contribution in [0.5, 0.6) is 5.75 Å². The lowest BCUT2D eigenvalue weighted by molar-refractivity contribution is -0.156. The Morgan fingerprint density at radius 3 is 1.82 bits per heavy atom. The SMILES string of the molecule is COC(=O)NC(N)=Nc1ccc(C(=O)NCCC[C@H]2C(=O)N(CC(=O)O)CCN2C(=O)[C@H](Cc2ccc(OC)cc2)NC(=O)c2ccc(N=C(N)NC(=O)OC)cc2)cc1. The van der Waals surface area contributed by atoms with Gasteiger partial charge in [-0.05, 0) is 79.1 Å². The molecule has 21 nitrogen and oxygen atoms in total. The van der Waals surface area contributed by atoms with Crippen LogP contribution in [0.3, 0.4) is 0 Å². The van der Waals surface area contributed by atoms with Gasteiger partial charge in [0.05, 0.1) is 32.7 Å². The third kappa shape index (κ3) is 13.2. The number of benzene rings is 3. The normalized spacial score (nSPS) is 14.7. The molecule has 0 aromatic heterocycles. The second-order valence-corrected chi connectivity index (χ2v) is 13.0. The summed E-state index contributed by atoms with van der Waals surface area (Å²) in [5, 5.41) is 19.5. The molecular formula is C39H46N10O11. The average molecular weight is 831 g/mol. The number of alkyl carbamates (subject to hydrolysis) is 2. The summed E-state index contributed by atoms with van der Waals surface area (Å²) in [5.41, 5.74) is 13.2. The van der Waals surface area contributed by atoms with Crippen LogP contribution in [0.1, 0.15) is 39.1 Å². The Bertz CT molecular complexity index is 2090. The summed E-state index contributed by atoms with van der Waals surface area (Å²) in [4.78, 5) is 99.7. The van der Waals surface area contributed by atoms with E-state index in [1.807, 2.05) is 0 Å². The predicted octanol–water partition coefficient (Wildman–Crippen LogP) is 0.975. The molecule has 9 N–H and O–H groups in total. The Morgan fingerprint density at radius 2 is 1.32 bits per heavy atom. The van der Waals surface area contributed by atoms with Crippen molar-refractivity contribution in [1.29, 1.82) is 0 Å². The number of rotatable bonds is 15. The van der Waals surface area contributed by atoms with E-state index in [9.17, 15) is 38.7 Å². The van der Waals surface area contributed by atoms with Crippen molar-refractivity contribution in [3.05, 3.63) is 89.5 Å². The Balaban J connectivity index is 1.50. The largest absolute Gasteiger partial charge is 0.497 e. The molecule has 0 spiro atoms. The van der Waals surface area contributed by atoms with Crippen molar-refractivity contribution < 1.29 is 52.9 Å².